The van der Waals surface area contributed by atoms with Gasteiger partial charge in [-0.2, -0.15) is 0 Å². The molecule has 0 aromatic heterocycles. The number of nitrogens with zero attached hydrogens (tertiary/aromatic N) is 1. The second-order valence-corrected chi connectivity index (χ2v) is 6.60. The summed E-state index contributed by atoms with van der Waals surface area (Å²) in [5, 5.41) is 5.63. The summed E-state index contributed by atoms with van der Waals surface area (Å²) in [5.41, 5.74) is 2.26. The highest BCUT2D eigenvalue weighted by Crippen LogP contribution is 2.24. The number of carbonyl (C=O) groups excluding carboxylic acids is 1. The molecule has 25 heavy (non-hydrogen) atoms. The van der Waals surface area contributed by atoms with E-state index in [1.54, 1.807) is 18.2 Å². The first-order valence-electron chi connectivity index (χ1n) is 8.75. The third-order valence-electron chi connectivity index (χ3n) is 4.61. The van der Waals surface area contributed by atoms with E-state index >= 15 is 0 Å². The molecule has 1 saturated heterocycles. The number of rotatable bonds is 5. The molecule has 0 unspecified atom stereocenters. The van der Waals surface area contributed by atoms with Gasteiger partial charge in [0, 0.05) is 24.5 Å². The molecule has 0 spiro atoms. The predicted octanol–water partition coefficient (Wildman–Crippen LogP) is 4.11. The van der Waals surface area contributed by atoms with E-state index in [0.29, 0.717) is 5.69 Å². The van der Waals surface area contributed by atoms with Gasteiger partial charge in [0.25, 0.3) is 0 Å². The molecule has 0 saturated carbocycles. The van der Waals surface area contributed by atoms with Crippen LogP contribution >= 0.6 is 0 Å². The molecule has 2 aromatic rings. The topological polar surface area (TPSA) is 44.4 Å². The number of nitrogens with one attached hydrogen (secondary N) is 2. The Labute approximate surface area is 148 Å². The third-order valence-corrected chi connectivity index (χ3v) is 4.61. The molecule has 3 rings (SSSR count). The van der Waals surface area contributed by atoms with Crippen molar-refractivity contribution in [2.24, 2.45) is 5.92 Å². The van der Waals surface area contributed by atoms with Crippen molar-refractivity contribution in [1.82, 2.24) is 0 Å². The van der Waals surface area contributed by atoms with Gasteiger partial charge in [0.2, 0.25) is 5.91 Å². The van der Waals surface area contributed by atoms with Crippen LogP contribution in [-0.4, -0.2) is 25.5 Å². The SMILES string of the molecule is CC1CCN(c2ccc(NC(=O)CNc3ccccc3F)cc2)CC1. The number of hydrogen-bond donors (Lipinski definition) is 2. The summed E-state index contributed by atoms with van der Waals surface area (Å²) in [6.07, 6.45) is 2.44. The summed E-state index contributed by atoms with van der Waals surface area (Å²) in [6, 6.07) is 14.2. The summed E-state index contributed by atoms with van der Waals surface area (Å²) in [7, 11) is 0. The van der Waals surface area contributed by atoms with Crippen molar-refractivity contribution in [2.45, 2.75) is 19.8 Å². The lowest BCUT2D eigenvalue weighted by molar-refractivity contribution is -0.114. The van der Waals surface area contributed by atoms with Crippen molar-refractivity contribution in [3.05, 3.63) is 54.3 Å². The van der Waals surface area contributed by atoms with Gasteiger partial charge in [-0.15, -0.1) is 0 Å². The van der Waals surface area contributed by atoms with Crippen molar-refractivity contribution in [1.29, 1.82) is 0 Å². The van der Waals surface area contributed by atoms with Crippen molar-refractivity contribution in [2.75, 3.05) is 35.2 Å². The molecule has 1 fully saturated rings. The predicted molar refractivity (Wildman–Crippen MR) is 101 cm³/mol. The molecular formula is C20H24FN3O. The monoisotopic (exact) mass is 341 g/mol. The number of halogens is 1. The molecule has 0 atom stereocenters. The lowest BCUT2D eigenvalue weighted by atomic mass is 9.99. The molecule has 0 bridgehead atoms. The molecular weight excluding hydrogens is 317 g/mol. The number of amides is 1. The average molecular weight is 341 g/mol. The highest BCUT2D eigenvalue weighted by Gasteiger charge is 2.15. The van der Waals surface area contributed by atoms with Crippen LogP contribution in [0.3, 0.4) is 0 Å². The summed E-state index contributed by atoms with van der Waals surface area (Å²) in [4.78, 5) is 14.4. The molecule has 1 aliphatic heterocycles. The van der Waals surface area contributed by atoms with Gasteiger partial charge in [-0.1, -0.05) is 19.1 Å². The standard InChI is InChI=1S/C20H24FN3O/c1-15-10-12-24(13-11-15)17-8-6-16(7-9-17)23-20(25)14-22-19-5-3-2-4-18(19)21/h2-9,15,22H,10-14H2,1H3,(H,23,25). The van der Waals surface area contributed by atoms with E-state index in [0.717, 1.165) is 24.7 Å². The highest BCUT2D eigenvalue weighted by atomic mass is 19.1. The van der Waals surface area contributed by atoms with Gasteiger partial charge >= 0.3 is 0 Å². The smallest absolute Gasteiger partial charge is 0.243 e. The molecule has 0 radical (unpaired) electrons. The summed E-state index contributed by atoms with van der Waals surface area (Å²) in [6.45, 7) is 4.48. The lowest BCUT2D eigenvalue weighted by Crippen LogP contribution is -2.32. The Hall–Kier alpha value is -2.56. The van der Waals surface area contributed by atoms with E-state index in [4.69, 9.17) is 0 Å². The van der Waals surface area contributed by atoms with Crippen LogP contribution in [-0.2, 0) is 4.79 Å². The summed E-state index contributed by atoms with van der Waals surface area (Å²) in [5.74, 6) is 0.232. The van der Waals surface area contributed by atoms with E-state index < -0.39 is 0 Å². The second-order valence-electron chi connectivity index (χ2n) is 6.60. The van der Waals surface area contributed by atoms with Crippen LogP contribution in [0.2, 0.25) is 0 Å². The molecule has 2 N–H and O–H groups in total. The second kappa shape index (κ2) is 8.01. The first-order valence-corrected chi connectivity index (χ1v) is 8.75. The number of piperidine rings is 1. The molecule has 1 amide bonds. The van der Waals surface area contributed by atoms with Crippen molar-refractivity contribution >= 4 is 23.0 Å². The van der Waals surface area contributed by atoms with E-state index in [-0.39, 0.29) is 18.3 Å². The molecule has 2 aromatic carbocycles. The first kappa shape index (κ1) is 17.3. The Balaban J connectivity index is 1.51. The Bertz CT molecular complexity index is 709. The summed E-state index contributed by atoms with van der Waals surface area (Å²) < 4.78 is 13.5. The Morgan fingerprint density at radius 3 is 2.48 bits per heavy atom. The largest absolute Gasteiger partial charge is 0.374 e. The quantitative estimate of drug-likeness (QED) is 0.860. The average Bonchev–Trinajstić information content (AvgIpc) is 2.62. The zero-order valence-corrected chi connectivity index (χ0v) is 14.5. The maximum absolute atomic E-state index is 13.5. The Morgan fingerprint density at radius 2 is 1.80 bits per heavy atom. The third kappa shape index (κ3) is 4.72. The maximum Gasteiger partial charge on any atom is 0.243 e. The zero-order chi connectivity index (χ0) is 17.6. The summed E-state index contributed by atoms with van der Waals surface area (Å²) >= 11 is 0. The molecule has 1 heterocycles. The van der Waals surface area contributed by atoms with Gasteiger partial charge in [-0.3, -0.25) is 4.79 Å². The van der Waals surface area contributed by atoms with Gasteiger partial charge < -0.3 is 15.5 Å². The number of benzene rings is 2. The van der Waals surface area contributed by atoms with Crippen LogP contribution in [0.5, 0.6) is 0 Å². The molecule has 4 nitrogen and oxygen atoms in total. The Morgan fingerprint density at radius 1 is 1.12 bits per heavy atom. The number of para-hydroxylation sites is 1. The lowest BCUT2D eigenvalue weighted by Gasteiger charge is -2.32. The Kier molecular flexibility index (Phi) is 5.53. The maximum atomic E-state index is 13.5. The fraction of sp³-hybridized carbons (Fsp3) is 0.350. The van der Waals surface area contributed by atoms with Crippen LogP contribution in [0.15, 0.2) is 48.5 Å². The minimum Gasteiger partial charge on any atom is -0.374 e. The molecule has 0 aliphatic carbocycles. The van der Waals surface area contributed by atoms with Gasteiger partial charge in [-0.25, -0.2) is 4.39 Å². The van der Waals surface area contributed by atoms with E-state index in [1.165, 1.54) is 24.6 Å². The number of hydrogen-bond acceptors (Lipinski definition) is 3. The number of carbonyl (C=O) groups is 1. The molecule has 132 valence electrons. The van der Waals surface area contributed by atoms with E-state index in [9.17, 15) is 9.18 Å². The molecule has 5 heteroatoms. The van der Waals surface area contributed by atoms with Crippen LogP contribution in [0, 0.1) is 11.7 Å². The fourth-order valence-electron chi connectivity index (χ4n) is 3.01. The molecule has 1 aliphatic rings. The highest BCUT2D eigenvalue weighted by molar-refractivity contribution is 5.93. The van der Waals surface area contributed by atoms with Gasteiger partial charge in [-0.05, 0) is 55.2 Å². The van der Waals surface area contributed by atoms with Crippen LogP contribution in [0.4, 0.5) is 21.5 Å². The van der Waals surface area contributed by atoms with Crippen molar-refractivity contribution in [3.63, 3.8) is 0 Å². The van der Waals surface area contributed by atoms with Crippen LogP contribution in [0.1, 0.15) is 19.8 Å². The fourth-order valence-corrected chi connectivity index (χ4v) is 3.01. The minimum atomic E-state index is -0.365. The van der Waals surface area contributed by atoms with Crippen molar-refractivity contribution in [3.8, 4) is 0 Å². The van der Waals surface area contributed by atoms with Gasteiger partial charge in [0.15, 0.2) is 0 Å². The van der Waals surface area contributed by atoms with E-state index in [2.05, 4.69) is 22.5 Å². The van der Waals surface area contributed by atoms with E-state index in [1.807, 2.05) is 24.3 Å². The first-order chi connectivity index (χ1) is 12.1. The van der Waals surface area contributed by atoms with Gasteiger partial charge in [0.1, 0.15) is 5.82 Å². The minimum absolute atomic E-state index is 0.0205. The van der Waals surface area contributed by atoms with Crippen LogP contribution < -0.4 is 15.5 Å². The normalized spacial score (nSPS) is 15.0. The number of anilines is 3. The van der Waals surface area contributed by atoms with Gasteiger partial charge in [0.05, 0.1) is 12.2 Å². The van der Waals surface area contributed by atoms with Crippen molar-refractivity contribution < 1.29 is 9.18 Å². The zero-order valence-electron chi connectivity index (χ0n) is 14.5. The van der Waals surface area contributed by atoms with Crippen LogP contribution in [0.25, 0.3) is 0 Å².